The Morgan fingerprint density at radius 2 is 2.19 bits per heavy atom. The molecule has 2 aromatic rings. The van der Waals surface area contributed by atoms with E-state index in [1.54, 1.807) is 0 Å². The molecule has 0 bridgehead atoms. The summed E-state index contributed by atoms with van der Waals surface area (Å²) in [7, 11) is 0. The van der Waals surface area contributed by atoms with Gasteiger partial charge in [0, 0.05) is 10.5 Å². The summed E-state index contributed by atoms with van der Waals surface area (Å²) in [6, 6.07) is 7.32. The van der Waals surface area contributed by atoms with E-state index in [1.807, 2.05) is 0 Å². The lowest BCUT2D eigenvalue weighted by Crippen LogP contribution is -2.23. The fourth-order valence-electron chi connectivity index (χ4n) is 4.32. The van der Waals surface area contributed by atoms with Gasteiger partial charge in [0.2, 0.25) is 0 Å². The van der Waals surface area contributed by atoms with Gasteiger partial charge >= 0.3 is 0 Å². The zero-order chi connectivity index (χ0) is 14.6. The molecule has 2 heterocycles. The molecular weight excluding hydrogens is 326 g/mol. The molecule has 2 aliphatic rings. The van der Waals surface area contributed by atoms with E-state index in [1.165, 1.54) is 37.1 Å². The molecule has 0 spiro atoms. The van der Waals surface area contributed by atoms with Gasteiger partial charge in [0.05, 0.1) is 17.1 Å². The number of halogens is 1. The van der Waals surface area contributed by atoms with Crippen molar-refractivity contribution in [1.82, 2.24) is 14.9 Å². The normalized spacial score (nSPS) is 28.7. The molecule has 2 fully saturated rings. The molecule has 1 aromatic carbocycles. The van der Waals surface area contributed by atoms with Gasteiger partial charge in [-0.05, 0) is 63.3 Å². The topological polar surface area (TPSA) is 29.9 Å². The van der Waals surface area contributed by atoms with Crippen molar-refractivity contribution in [3.05, 3.63) is 28.5 Å². The van der Waals surface area contributed by atoms with Crippen molar-refractivity contribution < 1.29 is 0 Å². The Balaban J connectivity index is 1.85. The Morgan fingerprint density at radius 3 is 3.00 bits per heavy atom. The van der Waals surface area contributed by atoms with Crippen LogP contribution >= 0.6 is 15.9 Å². The Kier molecular flexibility index (Phi) is 3.34. The van der Waals surface area contributed by atoms with Gasteiger partial charge in [-0.25, -0.2) is 4.98 Å². The van der Waals surface area contributed by atoms with Crippen LogP contribution < -0.4 is 5.32 Å². The van der Waals surface area contributed by atoms with Crippen LogP contribution in [0.2, 0.25) is 0 Å². The maximum atomic E-state index is 5.01. The quantitative estimate of drug-likeness (QED) is 0.870. The molecule has 1 saturated heterocycles. The molecule has 1 aliphatic carbocycles. The van der Waals surface area contributed by atoms with E-state index in [4.69, 9.17) is 4.98 Å². The predicted octanol–water partition coefficient (Wildman–Crippen LogP) is 4.44. The first-order valence-corrected chi connectivity index (χ1v) is 8.85. The molecule has 21 heavy (non-hydrogen) atoms. The summed E-state index contributed by atoms with van der Waals surface area (Å²) in [6.07, 6.45) is 4.13. The minimum absolute atomic E-state index is 0.436. The molecule has 4 heteroatoms. The number of imidazole rings is 1. The van der Waals surface area contributed by atoms with Crippen molar-refractivity contribution in [2.24, 2.45) is 11.8 Å². The van der Waals surface area contributed by atoms with Gasteiger partial charge in [-0.2, -0.15) is 0 Å². The maximum Gasteiger partial charge on any atom is 0.127 e. The molecule has 3 unspecified atom stereocenters. The molecule has 1 N–H and O–H groups in total. The van der Waals surface area contributed by atoms with Gasteiger partial charge in [-0.15, -0.1) is 0 Å². The average molecular weight is 348 g/mol. The van der Waals surface area contributed by atoms with Crippen LogP contribution in [0.4, 0.5) is 0 Å². The monoisotopic (exact) mass is 347 g/mol. The highest BCUT2D eigenvalue weighted by atomic mass is 79.9. The molecule has 4 rings (SSSR count). The van der Waals surface area contributed by atoms with Gasteiger partial charge in [-0.1, -0.05) is 22.4 Å². The molecule has 112 valence electrons. The van der Waals surface area contributed by atoms with E-state index < -0.39 is 0 Å². The van der Waals surface area contributed by atoms with Gasteiger partial charge in [-0.3, -0.25) is 0 Å². The van der Waals surface area contributed by atoms with Crippen LogP contribution in [0, 0.1) is 11.8 Å². The summed E-state index contributed by atoms with van der Waals surface area (Å²) in [6.45, 7) is 5.68. The smallest absolute Gasteiger partial charge is 0.127 e. The van der Waals surface area contributed by atoms with E-state index in [-0.39, 0.29) is 0 Å². The van der Waals surface area contributed by atoms with Crippen LogP contribution in [0.15, 0.2) is 22.7 Å². The SMILES string of the molecule is CC(C)n1c(C2NCC3CCCC32)nc2cc(Br)ccc21. The van der Waals surface area contributed by atoms with Crippen LogP contribution in [0.1, 0.15) is 51.0 Å². The van der Waals surface area contributed by atoms with Crippen LogP contribution in [-0.2, 0) is 0 Å². The molecule has 1 aromatic heterocycles. The third-order valence-electron chi connectivity index (χ3n) is 5.22. The highest BCUT2D eigenvalue weighted by molar-refractivity contribution is 9.10. The van der Waals surface area contributed by atoms with Crippen molar-refractivity contribution in [3.63, 3.8) is 0 Å². The van der Waals surface area contributed by atoms with E-state index in [0.717, 1.165) is 21.8 Å². The molecule has 1 aliphatic heterocycles. The average Bonchev–Trinajstić information content (AvgIpc) is 3.09. The number of hydrogen-bond donors (Lipinski definition) is 1. The lowest BCUT2D eigenvalue weighted by molar-refractivity contribution is 0.391. The van der Waals surface area contributed by atoms with Gasteiger partial charge in [0.15, 0.2) is 0 Å². The van der Waals surface area contributed by atoms with Crippen molar-refractivity contribution in [2.45, 2.75) is 45.2 Å². The van der Waals surface area contributed by atoms with Gasteiger partial charge < -0.3 is 9.88 Å². The minimum Gasteiger partial charge on any atom is -0.324 e. The Bertz CT molecular complexity index is 676. The molecule has 0 radical (unpaired) electrons. The number of rotatable bonds is 2. The first-order valence-electron chi connectivity index (χ1n) is 8.06. The molecule has 1 saturated carbocycles. The first kappa shape index (κ1) is 13.8. The largest absolute Gasteiger partial charge is 0.324 e. The lowest BCUT2D eigenvalue weighted by atomic mass is 9.93. The molecule has 0 amide bonds. The Labute approximate surface area is 134 Å². The summed E-state index contributed by atoms with van der Waals surface area (Å²) in [5, 5.41) is 3.75. The zero-order valence-corrected chi connectivity index (χ0v) is 14.2. The number of nitrogens with zero attached hydrogens (tertiary/aromatic N) is 2. The maximum absolute atomic E-state index is 5.01. The van der Waals surface area contributed by atoms with Crippen molar-refractivity contribution in [2.75, 3.05) is 6.54 Å². The van der Waals surface area contributed by atoms with Crippen LogP contribution in [0.25, 0.3) is 11.0 Å². The Hall–Kier alpha value is -0.870. The highest BCUT2D eigenvalue weighted by Crippen LogP contribution is 2.45. The zero-order valence-electron chi connectivity index (χ0n) is 12.6. The predicted molar refractivity (Wildman–Crippen MR) is 89.4 cm³/mol. The third-order valence-corrected chi connectivity index (χ3v) is 5.71. The molecule has 3 atom stereocenters. The number of aromatic nitrogens is 2. The second-order valence-corrected chi connectivity index (χ2v) is 7.72. The lowest BCUT2D eigenvalue weighted by Gasteiger charge is -2.21. The highest BCUT2D eigenvalue weighted by Gasteiger charge is 2.41. The fourth-order valence-corrected chi connectivity index (χ4v) is 4.67. The molecular formula is C17H22BrN3. The first-order chi connectivity index (χ1) is 10.1. The fraction of sp³-hybridized carbons (Fsp3) is 0.588. The van der Waals surface area contributed by atoms with E-state index >= 15 is 0 Å². The number of fused-ring (bicyclic) bond motifs is 2. The summed E-state index contributed by atoms with van der Waals surface area (Å²) >= 11 is 3.57. The van der Waals surface area contributed by atoms with Crippen LogP contribution in [0.5, 0.6) is 0 Å². The van der Waals surface area contributed by atoms with Crippen LogP contribution in [-0.4, -0.2) is 16.1 Å². The Morgan fingerprint density at radius 1 is 1.33 bits per heavy atom. The van der Waals surface area contributed by atoms with Crippen molar-refractivity contribution >= 4 is 27.0 Å². The van der Waals surface area contributed by atoms with Crippen molar-refractivity contribution in [3.8, 4) is 0 Å². The second-order valence-electron chi connectivity index (χ2n) is 6.81. The van der Waals surface area contributed by atoms with E-state index in [0.29, 0.717) is 12.1 Å². The number of benzene rings is 1. The van der Waals surface area contributed by atoms with E-state index in [9.17, 15) is 0 Å². The van der Waals surface area contributed by atoms with Gasteiger partial charge in [0.1, 0.15) is 5.82 Å². The third kappa shape index (κ3) is 2.15. The summed E-state index contributed by atoms with van der Waals surface area (Å²) in [5.41, 5.74) is 2.36. The summed E-state index contributed by atoms with van der Waals surface area (Å²) < 4.78 is 3.54. The van der Waals surface area contributed by atoms with Crippen LogP contribution in [0.3, 0.4) is 0 Å². The summed E-state index contributed by atoms with van der Waals surface area (Å²) in [4.78, 5) is 5.01. The molecule has 3 nitrogen and oxygen atoms in total. The summed E-state index contributed by atoms with van der Waals surface area (Å²) in [5.74, 6) is 2.89. The minimum atomic E-state index is 0.436. The second kappa shape index (κ2) is 5.10. The standard InChI is InChI=1S/C17H22BrN3/c1-10(2)21-15-7-6-12(18)8-14(15)20-17(21)16-13-5-3-4-11(13)9-19-16/h6-8,10-11,13,16,19H,3-5,9H2,1-2H3. The van der Waals surface area contributed by atoms with Gasteiger partial charge in [0.25, 0.3) is 0 Å². The van der Waals surface area contributed by atoms with E-state index in [2.05, 4.69) is 57.9 Å². The number of nitrogens with one attached hydrogen (secondary N) is 1. The van der Waals surface area contributed by atoms with Crippen molar-refractivity contribution in [1.29, 1.82) is 0 Å². The number of hydrogen-bond acceptors (Lipinski definition) is 2.